The van der Waals surface area contributed by atoms with Gasteiger partial charge in [-0.3, -0.25) is 10.1 Å². The van der Waals surface area contributed by atoms with E-state index in [0.717, 1.165) is 0 Å². The van der Waals surface area contributed by atoms with E-state index in [-0.39, 0.29) is 5.69 Å². The SMILES string of the molecule is COc1ccc(CNc2ccc([N+](=O)[O-])c(C)n2)nn1. The van der Waals surface area contributed by atoms with Crippen molar-refractivity contribution in [3.05, 3.63) is 45.8 Å². The average Bonchev–Trinajstić information content (AvgIpc) is 2.45. The summed E-state index contributed by atoms with van der Waals surface area (Å²) < 4.78 is 4.91. The molecular formula is C12H13N5O3. The lowest BCUT2D eigenvalue weighted by Crippen LogP contribution is -2.05. The fraction of sp³-hybridized carbons (Fsp3) is 0.250. The summed E-state index contributed by atoms with van der Waals surface area (Å²) in [4.78, 5) is 14.3. The van der Waals surface area contributed by atoms with E-state index in [1.807, 2.05) is 0 Å². The summed E-state index contributed by atoms with van der Waals surface area (Å²) in [5.41, 5.74) is 1.07. The number of ether oxygens (including phenoxy) is 1. The van der Waals surface area contributed by atoms with Gasteiger partial charge in [0.1, 0.15) is 11.5 Å². The second-order valence-electron chi connectivity index (χ2n) is 3.98. The van der Waals surface area contributed by atoms with Gasteiger partial charge in [-0.25, -0.2) is 4.98 Å². The highest BCUT2D eigenvalue weighted by Gasteiger charge is 2.11. The number of methoxy groups -OCH3 is 1. The Morgan fingerprint density at radius 3 is 2.65 bits per heavy atom. The van der Waals surface area contributed by atoms with Gasteiger partial charge in [0, 0.05) is 12.1 Å². The molecule has 0 spiro atoms. The molecular weight excluding hydrogens is 262 g/mol. The second-order valence-corrected chi connectivity index (χ2v) is 3.98. The molecule has 0 saturated heterocycles. The molecule has 8 heteroatoms. The van der Waals surface area contributed by atoms with E-state index in [9.17, 15) is 10.1 Å². The van der Waals surface area contributed by atoms with Gasteiger partial charge in [-0.05, 0) is 19.1 Å². The summed E-state index contributed by atoms with van der Waals surface area (Å²) in [7, 11) is 1.52. The van der Waals surface area contributed by atoms with Gasteiger partial charge >= 0.3 is 0 Å². The third-order valence-electron chi connectivity index (χ3n) is 2.61. The Bertz CT molecular complexity index is 615. The summed E-state index contributed by atoms with van der Waals surface area (Å²) in [6.45, 7) is 2.01. The molecule has 0 radical (unpaired) electrons. The van der Waals surface area contributed by atoms with E-state index >= 15 is 0 Å². The van der Waals surface area contributed by atoms with Gasteiger partial charge in [-0.1, -0.05) is 0 Å². The molecule has 8 nitrogen and oxygen atoms in total. The van der Waals surface area contributed by atoms with Crippen LogP contribution in [0.4, 0.5) is 11.5 Å². The third kappa shape index (κ3) is 3.16. The van der Waals surface area contributed by atoms with Crippen molar-refractivity contribution in [2.45, 2.75) is 13.5 Å². The third-order valence-corrected chi connectivity index (χ3v) is 2.61. The number of rotatable bonds is 5. The van der Waals surface area contributed by atoms with E-state index in [4.69, 9.17) is 4.74 Å². The fourth-order valence-electron chi connectivity index (χ4n) is 1.58. The van der Waals surface area contributed by atoms with Gasteiger partial charge in [0.05, 0.1) is 24.3 Å². The van der Waals surface area contributed by atoms with Crippen molar-refractivity contribution in [2.75, 3.05) is 12.4 Å². The first-order valence-electron chi connectivity index (χ1n) is 5.82. The zero-order chi connectivity index (χ0) is 14.5. The Kier molecular flexibility index (Phi) is 4.04. The lowest BCUT2D eigenvalue weighted by molar-refractivity contribution is -0.385. The molecule has 2 heterocycles. The van der Waals surface area contributed by atoms with Crippen LogP contribution in [0.3, 0.4) is 0 Å². The van der Waals surface area contributed by atoms with Gasteiger partial charge in [-0.15, -0.1) is 5.10 Å². The predicted molar refractivity (Wildman–Crippen MR) is 71.5 cm³/mol. The van der Waals surface area contributed by atoms with Crippen molar-refractivity contribution >= 4 is 11.5 Å². The van der Waals surface area contributed by atoms with E-state index in [1.165, 1.54) is 13.2 Å². The number of aromatic nitrogens is 3. The highest BCUT2D eigenvalue weighted by atomic mass is 16.6. The highest BCUT2D eigenvalue weighted by molar-refractivity contribution is 5.44. The van der Waals surface area contributed by atoms with E-state index in [0.29, 0.717) is 29.6 Å². The number of hydrogen-bond donors (Lipinski definition) is 1. The number of anilines is 1. The molecule has 0 amide bonds. The summed E-state index contributed by atoms with van der Waals surface area (Å²) in [6.07, 6.45) is 0. The van der Waals surface area contributed by atoms with Gasteiger partial charge < -0.3 is 10.1 Å². The van der Waals surface area contributed by atoms with Crippen LogP contribution in [0.15, 0.2) is 24.3 Å². The molecule has 0 unspecified atom stereocenters. The molecule has 0 fully saturated rings. The lowest BCUT2D eigenvalue weighted by atomic mass is 10.3. The van der Waals surface area contributed by atoms with Crippen molar-refractivity contribution in [1.29, 1.82) is 0 Å². The normalized spacial score (nSPS) is 10.1. The van der Waals surface area contributed by atoms with Gasteiger partial charge in [-0.2, -0.15) is 5.10 Å². The van der Waals surface area contributed by atoms with Crippen LogP contribution in [0.25, 0.3) is 0 Å². The maximum Gasteiger partial charge on any atom is 0.290 e. The molecule has 20 heavy (non-hydrogen) atoms. The second kappa shape index (κ2) is 5.91. The van der Waals surface area contributed by atoms with Gasteiger partial charge in [0.15, 0.2) is 0 Å². The van der Waals surface area contributed by atoms with Crippen LogP contribution >= 0.6 is 0 Å². The van der Waals surface area contributed by atoms with Crippen LogP contribution in [0.2, 0.25) is 0 Å². The highest BCUT2D eigenvalue weighted by Crippen LogP contribution is 2.18. The average molecular weight is 275 g/mol. The van der Waals surface area contributed by atoms with Crippen LogP contribution in [0.1, 0.15) is 11.4 Å². The Labute approximate surface area is 115 Å². The van der Waals surface area contributed by atoms with E-state index < -0.39 is 4.92 Å². The van der Waals surface area contributed by atoms with Crippen LogP contribution < -0.4 is 10.1 Å². The molecule has 0 aliphatic heterocycles. The number of nitrogens with zero attached hydrogens (tertiary/aromatic N) is 4. The zero-order valence-corrected chi connectivity index (χ0v) is 11.0. The summed E-state index contributed by atoms with van der Waals surface area (Å²) in [5.74, 6) is 0.990. The predicted octanol–water partition coefficient (Wildman–Crippen LogP) is 1.71. The van der Waals surface area contributed by atoms with Crippen LogP contribution in [-0.4, -0.2) is 27.2 Å². The lowest BCUT2D eigenvalue weighted by Gasteiger charge is -2.06. The van der Waals surface area contributed by atoms with E-state index in [2.05, 4.69) is 20.5 Å². The maximum atomic E-state index is 10.7. The van der Waals surface area contributed by atoms with Gasteiger partial charge in [0.2, 0.25) is 5.88 Å². The number of aryl methyl sites for hydroxylation is 1. The van der Waals surface area contributed by atoms with E-state index in [1.54, 1.807) is 25.1 Å². The standard InChI is InChI=1S/C12H13N5O3/c1-8-10(17(18)19)4-5-11(14-8)13-7-9-3-6-12(20-2)16-15-9/h3-6H,7H2,1-2H3,(H,13,14). The van der Waals surface area contributed by atoms with Crippen molar-refractivity contribution in [3.63, 3.8) is 0 Å². The van der Waals surface area contributed by atoms with Crippen molar-refractivity contribution < 1.29 is 9.66 Å². The minimum Gasteiger partial charge on any atom is -0.480 e. The fourth-order valence-corrected chi connectivity index (χ4v) is 1.58. The molecule has 2 aromatic heterocycles. The van der Waals surface area contributed by atoms with Crippen LogP contribution in [0, 0.1) is 17.0 Å². The number of pyridine rings is 1. The topological polar surface area (TPSA) is 103 Å². The minimum absolute atomic E-state index is 0.000195. The molecule has 0 bridgehead atoms. The molecule has 1 N–H and O–H groups in total. The Balaban J connectivity index is 2.03. The monoisotopic (exact) mass is 275 g/mol. The van der Waals surface area contributed by atoms with Crippen molar-refractivity contribution in [2.24, 2.45) is 0 Å². The number of nitro groups is 1. The first kappa shape index (κ1) is 13.7. The first-order chi connectivity index (χ1) is 9.60. The quantitative estimate of drug-likeness (QED) is 0.654. The molecule has 2 aromatic rings. The Morgan fingerprint density at radius 1 is 1.30 bits per heavy atom. The summed E-state index contributed by atoms with van der Waals surface area (Å²) in [5, 5.41) is 21.5. The van der Waals surface area contributed by atoms with Crippen LogP contribution in [0.5, 0.6) is 5.88 Å². The minimum atomic E-state index is -0.457. The molecule has 2 rings (SSSR count). The number of hydrogen-bond acceptors (Lipinski definition) is 7. The summed E-state index contributed by atoms with van der Waals surface area (Å²) >= 11 is 0. The van der Waals surface area contributed by atoms with Gasteiger partial charge in [0.25, 0.3) is 5.69 Å². The molecule has 104 valence electrons. The molecule has 0 aromatic carbocycles. The van der Waals surface area contributed by atoms with Crippen molar-refractivity contribution in [3.8, 4) is 5.88 Å². The first-order valence-corrected chi connectivity index (χ1v) is 5.82. The Morgan fingerprint density at radius 2 is 2.10 bits per heavy atom. The maximum absolute atomic E-state index is 10.7. The van der Waals surface area contributed by atoms with Crippen molar-refractivity contribution in [1.82, 2.24) is 15.2 Å². The smallest absolute Gasteiger partial charge is 0.290 e. The summed E-state index contributed by atoms with van der Waals surface area (Å²) in [6, 6.07) is 6.46. The molecule has 0 aliphatic rings. The molecule has 0 atom stereocenters. The number of nitrogens with one attached hydrogen (secondary N) is 1. The largest absolute Gasteiger partial charge is 0.480 e. The van der Waals surface area contributed by atoms with Crippen LogP contribution in [-0.2, 0) is 6.54 Å². The molecule has 0 aliphatic carbocycles. The molecule has 0 saturated carbocycles. The Hall–Kier alpha value is -2.77. The zero-order valence-electron chi connectivity index (χ0n) is 11.0.